The van der Waals surface area contributed by atoms with Gasteiger partial charge in [-0.25, -0.2) is 0 Å². The quantitative estimate of drug-likeness (QED) is 0.742. The molecule has 1 rings (SSSR count). The van der Waals surface area contributed by atoms with Crippen LogP contribution in [0.25, 0.3) is 0 Å². The summed E-state index contributed by atoms with van der Waals surface area (Å²) >= 11 is 0. The molecule has 0 unspecified atom stereocenters. The zero-order chi connectivity index (χ0) is 12.2. The lowest BCUT2D eigenvalue weighted by Crippen LogP contribution is -2.26. The fourth-order valence-electron chi connectivity index (χ4n) is 2.11. The fraction of sp³-hybridized carbons (Fsp3) is 0.643. The van der Waals surface area contributed by atoms with Crippen molar-refractivity contribution in [2.45, 2.75) is 46.5 Å². The van der Waals surface area contributed by atoms with Crippen LogP contribution in [0.4, 0.5) is 0 Å². The summed E-state index contributed by atoms with van der Waals surface area (Å²) in [5.41, 5.74) is 2.01. The van der Waals surface area contributed by atoms with E-state index >= 15 is 0 Å². The molecule has 1 N–H and O–H groups in total. The van der Waals surface area contributed by atoms with Crippen molar-refractivity contribution >= 4 is 5.78 Å². The Labute approximate surface area is 98.1 Å². The number of rotatable bonds is 4. The van der Waals surface area contributed by atoms with Crippen molar-refractivity contribution < 1.29 is 9.90 Å². The summed E-state index contributed by atoms with van der Waals surface area (Å²) in [5.74, 6) is 0.119. The second-order valence-electron chi connectivity index (χ2n) is 5.32. The average molecular weight is 222 g/mol. The highest BCUT2D eigenvalue weighted by Crippen LogP contribution is 2.37. The molecule has 2 heteroatoms. The minimum absolute atomic E-state index is 0.0850. The van der Waals surface area contributed by atoms with E-state index in [9.17, 15) is 4.79 Å². The van der Waals surface area contributed by atoms with E-state index in [4.69, 9.17) is 5.11 Å². The van der Waals surface area contributed by atoms with E-state index in [0.717, 1.165) is 19.3 Å². The van der Waals surface area contributed by atoms with E-state index < -0.39 is 0 Å². The minimum Gasteiger partial charge on any atom is -0.392 e. The van der Waals surface area contributed by atoms with Gasteiger partial charge in [-0.05, 0) is 38.5 Å². The topological polar surface area (TPSA) is 37.3 Å². The first kappa shape index (κ1) is 13.2. The van der Waals surface area contributed by atoms with E-state index in [1.54, 1.807) is 0 Å². The maximum atomic E-state index is 11.7. The lowest BCUT2D eigenvalue weighted by molar-refractivity contribution is -0.118. The summed E-state index contributed by atoms with van der Waals surface area (Å²) in [6.07, 6.45) is 7.70. The molecule has 0 saturated heterocycles. The van der Waals surface area contributed by atoms with Crippen molar-refractivity contribution in [3.63, 3.8) is 0 Å². The third-order valence-corrected chi connectivity index (χ3v) is 3.26. The molecule has 0 aromatic rings. The van der Waals surface area contributed by atoms with Gasteiger partial charge in [0.15, 0.2) is 5.78 Å². The van der Waals surface area contributed by atoms with Crippen LogP contribution in [0.1, 0.15) is 46.5 Å². The third-order valence-electron chi connectivity index (χ3n) is 3.26. The van der Waals surface area contributed by atoms with Gasteiger partial charge in [-0.3, -0.25) is 4.79 Å². The molecule has 0 aromatic carbocycles. The molecule has 0 amide bonds. The van der Waals surface area contributed by atoms with Crippen LogP contribution in [0, 0.1) is 5.41 Å². The van der Waals surface area contributed by atoms with Crippen molar-refractivity contribution in [3.8, 4) is 0 Å². The summed E-state index contributed by atoms with van der Waals surface area (Å²) in [5, 5.41) is 8.98. The molecule has 0 spiro atoms. The molecule has 0 bridgehead atoms. The molecule has 0 radical (unpaired) electrons. The summed E-state index contributed by atoms with van der Waals surface area (Å²) < 4.78 is 0. The van der Waals surface area contributed by atoms with Crippen molar-refractivity contribution in [3.05, 3.63) is 23.3 Å². The van der Waals surface area contributed by atoms with Crippen LogP contribution < -0.4 is 0 Å². The second kappa shape index (κ2) is 5.44. The average Bonchev–Trinajstić information content (AvgIpc) is 2.17. The molecular weight excluding hydrogens is 200 g/mol. The summed E-state index contributed by atoms with van der Waals surface area (Å²) in [4.78, 5) is 11.7. The Kier molecular flexibility index (Phi) is 4.48. The standard InChI is InChI=1S/C14H22O2/c1-11(2)5-4-7-14(3)8-6-12(10-15)13(16)9-14/h5-6,15H,4,7-10H2,1-3H3/t14-/m0/s1. The predicted molar refractivity (Wildman–Crippen MR) is 66.2 cm³/mol. The van der Waals surface area contributed by atoms with Crippen LogP contribution in [-0.4, -0.2) is 17.5 Å². The van der Waals surface area contributed by atoms with Gasteiger partial charge >= 0.3 is 0 Å². The molecule has 1 atom stereocenters. The van der Waals surface area contributed by atoms with E-state index in [-0.39, 0.29) is 17.8 Å². The van der Waals surface area contributed by atoms with Gasteiger partial charge in [0.05, 0.1) is 6.61 Å². The minimum atomic E-state index is -0.108. The smallest absolute Gasteiger partial charge is 0.161 e. The third kappa shape index (κ3) is 3.60. The molecular formula is C14H22O2. The first-order valence-corrected chi connectivity index (χ1v) is 5.93. The Hall–Kier alpha value is -0.890. The van der Waals surface area contributed by atoms with E-state index in [1.165, 1.54) is 5.57 Å². The monoisotopic (exact) mass is 222 g/mol. The van der Waals surface area contributed by atoms with Crippen LogP contribution >= 0.6 is 0 Å². The van der Waals surface area contributed by atoms with E-state index in [1.807, 2.05) is 6.08 Å². The summed E-state index contributed by atoms with van der Waals surface area (Å²) in [6, 6.07) is 0. The molecule has 16 heavy (non-hydrogen) atoms. The Balaban J connectivity index is 2.58. The zero-order valence-corrected chi connectivity index (χ0v) is 10.5. The highest BCUT2D eigenvalue weighted by Gasteiger charge is 2.30. The Morgan fingerprint density at radius 3 is 2.75 bits per heavy atom. The van der Waals surface area contributed by atoms with Crippen molar-refractivity contribution in [2.24, 2.45) is 5.41 Å². The fourth-order valence-corrected chi connectivity index (χ4v) is 2.11. The van der Waals surface area contributed by atoms with Crippen LogP contribution in [-0.2, 0) is 4.79 Å². The van der Waals surface area contributed by atoms with Gasteiger partial charge in [-0.2, -0.15) is 0 Å². The van der Waals surface area contributed by atoms with Crippen molar-refractivity contribution in [1.82, 2.24) is 0 Å². The predicted octanol–water partition coefficient (Wildman–Crippen LogP) is 3.02. The van der Waals surface area contributed by atoms with E-state index in [0.29, 0.717) is 12.0 Å². The highest BCUT2D eigenvalue weighted by atomic mass is 16.3. The number of hydrogen-bond acceptors (Lipinski definition) is 2. The SMILES string of the molecule is CC(C)=CCC[C@@]1(C)CC=C(CO)C(=O)C1. The lowest BCUT2D eigenvalue weighted by Gasteiger charge is -2.31. The van der Waals surface area contributed by atoms with Crippen LogP contribution in [0.15, 0.2) is 23.3 Å². The molecule has 1 aliphatic carbocycles. The molecule has 0 aromatic heterocycles. The van der Waals surface area contributed by atoms with Gasteiger partial charge in [-0.1, -0.05) is 24.6 Å². The number of carbonyl (C=O) groups is 1. The van der Waals surface area contributed by atoms with Crippen molar-refractivity contribution in [1.29, 1.82) is 0 Å². The zero-order valence-electron chi connectivity index (χ0n) is 10.5. The number of allylic oxidation sites excluding steroid dienone is 3. The molecule has 0 saturated carbocycles. The first-order valence-electron chi connectivity index (χ1n) is 5.93. The Bertz CT molecular complexity index is 322. The molecule has 1 aliphatic rings. The van der Waals surface area contributed by atoms with Gasteiger partial charge in [0.1, 0.15) is 0 Å². The summed E-state index contributed by atoms with van der Waals surface area (Å²) in [7, 11) is 0. The van der Waals surface area contributed by atoms with Gasteiger partial charge in [0, 0.05) is 12.0 Å². The highest BCUT2D eigenvalue weighted by molar-refractivity contribution is 5.96. The molecule has 0 aliphatic heterocycles. The molecule has 0 fully saturated rings. The van der Waals surface area contributed by atoms with Gasteiger partial charge < -0.3 is 5.11 Å². The second-order valence-corrected chi connectivity index (χ2v) is 5.32. The lowest BCUT2D eigenvalue weighted by atomic mass is 9.73. The van der Waals surface area contributed by atoms with Gasteiger partial charge in [0.25, 0.3) is 0 Å². The normalized spacial score (nSPS) is 25.2. The van der Waals surface area contributed by atoms with Crippen LogP contribution in [0.5, 0.6) is 0 Å². The Morgan fingerprint density at radius 2 is 2.25 bits per heavy atom. The number of aliphatic hydroxyl groups excluding tert-OH is 1. The van der Waals surface area contributed by atoms with Gasteiger partial charge in [0.2, 0.25) is 0 Å². The number of hydrogen-bond donors (Lipinski definition) is 1. The number of carbonyl (C=O) groups excluding carboxylic acids is 1. The van der Waals surface area contributed by atoms with E-state index in [2.05, 4.69) is 26.8 Å². The van der Waals surface area contributed by atoms with Crippen LogP contribution in [0.3, 0.4) is 0 Å². The summed E-state index contributed by atoms with van der Waals surface area (Å²) in [6.45, 7) is 6.24. The number of ketones is 1. The first-order chi connectivity index (χ1) is 7.47. The molecule has 0 heterocycles. The number of Topliss-reactive ketones (excluding diaryl/α,β-unsaturated/α-hetero) is 1. The van der Waals surface area contributed by atoms with Crippen molar-refractivity contribution in [2.75, 3.05) is 6.61 Å². The maximum absolute atomic E-state index is 11.7. The molecule has 90 valence electrons. The maximum Gasteiger partial charge on any atom is 0.161 e. The Morgan fingerprint density at radius 1 is 1.56 bits per heavy atom. The largest absolute Gasteiger partial charge is 0.392 e. The van der Waals surface area contributed by atoms with Crippen LogP contribution in [0.2, 0.25) is 0 Å². The number of aliphatic hydroxyl groups is 1. The molecule has 2 nitrogen and oxygen atoms in total. The van der Waals surface area contributed by atoms with Gasteiger partial charge in [-0.15, -0.1) is 0 Å².